The SMILES string of the molecule is CSCC[C@H](NC(=O)[C@H](CC(C)C)NC(=O)[C@H](Cc1cnc[nH]1)NC(=O)CNC(=O)[C@@H](NC(=O)[C@H](C)NC(=O)[C@H](Cc1c[nH]c2ccccc12)NC(=O)[C@H](CCC(N)=O)NC(=O)[C@H](CCC(=O)O)NC(=O)[C@H](CCCCN)NC(=O)CNC(=O)[C@H](CSCNC(C)=O)NC(=O)[C@H](CO)NC(=O)CN(C)C)C(C)C)C(N)=O. The number of aliphatic hydroxyl groups is 1. The molecule has 0 aliphatic carbocycles. The van der Waals surface area contributed by atoms with Crippen molar-refractivity contribution in [1.29, 1.82) is 0 Å². The number of nitrogens with zero attached hydrogens (tertiary/aromatic N) is 2. The number of carboxylic acids is 1. The number of hydrogen-bond donors (Lipinski definition) is 21. The van der Waals surface area contributed by atoms with Crippen molar-refractivity contribution in [2.45, 2.75) is 179 Å². The fourth-order valence-electron chi connectivity index (χ4n) is 10.8. The number of aromatic nitrogens is 3. The summed E-state index contributed by atoms with van der Waals surface area (Å²) in [5, 5.41) is 55.3. The fourth-order valence-corrected chi connectivity index (χ4v) is 12.1. The van der Waals surface area contributed by atoms with E-state index in [4.69, 9.17) is 17.2 Å². The quantitative estimate of drug-likeness (QED) is 0.0185. The molecule has 3 rings (SSSR count). The minimum Gasteiger partial charge on any atom is -0.481 e. The number of nitrogens with two attached hydrogens (primary N) is 3. The maximum atomic E-state index is 14.7. The molecule has 0 saturated carbocycles. The monoisotopic (exact) mass is 1600 g/mol. The van der Waals surface area contributed by atoms with E-state index >= 15 is 0 Å². The average Bonchev–Trinajstić information content (AvgIpc) is 1.69. The largest absolute Gasteiger partial charge is 0.481 e. The van der Waals surface area contributed by atoms with Crippen LogP contribution in [0.1, 0.15) is 111 Å². The fraction of sp³-hybridized carbons (Fsp3) is 0.594. The summed E-state index contributed by atoms with van der Waals surface area (Å²) in [6, 6.07) is -9.09. The Balaban J connectivity index is 1.88. The molecule has 0 bridgehead atoms. The Morgan fingerprint density at radius 1 is 0.559 bits per heavy atom. The molecule has 2 heterocycles. The molecule has 3 aromatic rings. The molecule has 0 unspecified atom stereocenters. The van der Waals surface area contributed by atoms with Crippen LogP contribution in [-0.4, -0.2) is 268 Å². The van der Waals surface area contributed by atoms with Crippen molar-refractivity contribution in [2.24, 2.45) is 29.0 Å². The first-order valence-electron chi connectivity index (χ1n) is 35.9. The Hall–Kier alpha value is -10.5. The van der Waals surface area contributed by atoms with Gasteiger partial charge in [-0.2, -0.15) is 11.8 Å². The second-order valence-electron chi connectivity index (χ2n) is 27.2. The number of carbonyl (C=O) groups is 17. The lowest BCUT2D eigenvalue weighted by Gasteiger charge is -2.27. The highest BCUT2D eigenvalue weighted by Crippen LogP contribution is 2.20. The van der Waals surface area contributed by atoms with Gasteiger partial charge in [-0.05, 0) is 108 Å². The molecule has 11 atom stereocenters. The molecule has 0 fully saturated rings. The number of carboxylic acid groups (broad SMARTS) is 1. The summed E-state index contributed by atoms with van der Waals surface area (Å²) in [7, 11) is 3.18. The van der Waals surface area contributed by atoms with Crippen LogP contribution in [0.2, 0.25) is 0 Å². The van der Waals surface area contributed by atoms with Gasteiger partial charge in [0.05, 0.1) is 38.4 Å². The van der Waals surface area contributed by atoms with Gasteiger partial charge in [-0.25, -0.2) is 4.98 Å². The van der Waals surface area contributed by atoms with Gasteiger partial charge in [0.15, 0.2) is 0 Å². The summed E-state index contributed by atoms with van der Waals surface area (Å²) < 4.78 is 0. The molecule has 0 spiro atoms. The maximum Gasteiger partial charge on any atom is 0.303 e. The first-order chi connectivity index (χ1) is 52.5. The third kappa shape index (κ3) is 35.8. The number of fused-ring (bicyclic) bond motifs is 1. The highest BCUT2D eigenvalue weighted by molar-refractivity contribution is 7.99. The average molecular weight is 1600 g/mol. The standard InChI is InChI=1S/C69H109N21O19S2/c1-36(2)24-48(66(106)83-44(59(72)99)21-23-110-9)86-67(107)50(26-41-28-73-34-77-41)81-55(95)30-76-69(109)58(37(3)4)89-60(100)38(5)79-65(105)49(25-40-27-74-43-15-11-10-14-42(40)43)87-64(104)46(17-19-53(71)93)84-63(103)47(18-20-57(97)98)85-62(102)45(16-12-13-22-70)80-54(94)29-75-61(101)52(33-111-35-78-39(6)92)88-68(108)51(32-91)82-56(96)31-90(7)8/h10-11,14-15,27-28,34,36-38,44-52,58,74,91H,12-13,16-26,29-33,35,70H2,1-9H3,(H2,71,93)(H2,72,99)(H,73,77)(H,75,101)(H,76,109)(H,78,92)(H,79,105)(H,80,94)(H,81,95)(H,82,96)(H,83,106)(H,84,103)(H,85,102)(H,86,107)(H,87,104)(H,88,108)(H,89,100)(H,97,98)/t38-,44-,45-,46-,47-,48-,49-,50-,51-,52-,58-/m0/s1. The second-order valence-corrected chi connectivity index (χ2v) is 29.2. The van der Waals surface area contributed by atoms with E-state index in [1.54, 1.807) is 58.4 Å². The van der Waals surface area contributed by atoms with Crippen molar-refractivity contribution in [3.8, 4) is 0 Å². The molecule has 0 aliphatic rings. The molecular formula is C69H109N21O19S2. The van der Waals surface area contributed by atoms with Gasteiger partial charge >= 0.3 is 5.97 Å². The van der Waals surface area contributed by atoms with Crippen molar-refractivity contribution < 1.29 is 91.7 Å². The lowest BCUT2D eigenvalue weighted by molar-refractivity contribution is -0.139. The number of aliphatic hydroxyl groups excluding tert-OH is 1. The van der Waals surface area contributed by atoms with Crippen LogP contribution in [0.3, 0.4) is 0 Å². The number of primary amides is 2. The lowest BCUT2D eigenvalue weighted by Crippen LogP contribution is -2.60. The van der Waals surface area contributed by atoms with Gasteiger partial charge in [-0.1, -0.05) is 45.9 Å². The van der Waals surface area contributed by atoms with E-state index in [9.17, 15) is 91.7 Å². The van der Waals surface area contributed by atoms with Crippen LogP contribution in [0.25, 0.3) is 10.9 Å². The Labute approximate surface area is 650 Å². The second kappa shape index (κ2) is 49.6. The molecule has 616 valence electrons. The lowest BCUT2D eigenvalue weighted by atomic mass is 10.0. The topological polar surface area (TPSA) is 625 Å². The van der Waals surface area contributed by atoms with Crippen molar-refractivity contribution in [3.05, 3.63) is 54.2 Å². The maximum absolute atomic E-state index is 14.7. The van der Waals surface area contributed by atoms with Crippen LogP contribution in [0.15, 0.2) is 43.0 Å². The molecule has 0 aliphatic heterocycles. The highest BCUT2D eigenvalue weighted by atomic mass is 32.2. The van der Waals surface area contributed by atoms with Gasteiger partial charge in [0, 0.05) is 67.4 Å². The van der Waals surface area contributed by atoms with E-state index in [0.717, 1.165) is 11.8 Å². The number of imidazole rings is 1. The predicted octanol–water partition coefficient (Wildman–Crippen LogP) is -6.16. The number of nitrogens with one attached hydrogen (secondary N) is 16. The van der Waals surface area contributed by atoms with Gasteiger partial charge < -0.3 is 117 Å². The highest BCUT2D eigenvalue weighted by Gasteiger charge is 2.37. The number of rotatable bonds is 53. The Kier molecular flexibility index (Phi) is 42.4. The van der Waals surface area contributed by atoms with Gasteiger partial charge in [-0.3, -0.25) is 81.5 Å². The molecule has 16 amide bonds. The molecule has 0 radical (unpaired) electrons. The van der Waals surface area contributed by atoms with E-state index in [1.807, 2.05) is 20.1 Å². The van der Waals surface area contributed by atoms with Crippen molar-refractivity contribution in [1.82, 2.24) is 94.3 Å². The number of unbranched alkanes of at least 4 members (excludes halogenated alkanes) is 1. The zero-order valence-electron chi connectivity index (χ0n) is 63.8. The van der Waals surface area contributed by atoms with E-state index < -0.39 is 218 Å². The van der Waals surface area contributed by atoms with Crippen LogP contribution in [0.4, 0.5) is 0 Å². The van der Waals surface area contributed by atoms with Crippen molar-refractivity contribution in [2.75, 3.05) is 70.5 Å². The molecule has 1 aromatic carbocycles. The van der Waals surface area contributed by atoms with E-state index in [0.29, 0.717) is 34.3 Å². The Morgan fingerprint density at radius 2 is 1.09 bits per heavy atom. The molecule has 2 aromatic heterocycles. The number of likely N-dealkylation sites (N-methyl/N-ethyl adjacent to an activating group) is 1. The van der Waals surface area contributed by atoms with Crippen LogP contribution >= 0.6 is 23.5 Å². The number of aromatic amines is 2. The van der Waals surface area contributed by atoms with Crippen LogP contribution in [-0.2, 0) is 94.3 Å². The van der Waals surface area contributed by atoms with Crippen LogP contribution in [0.5, 0.6) is 0 Å². The third-order valence-corrected chi connectivity index (χ3v) is 18.2. The smallest absolute Gasteiger partial charge is 0.303 e. The summed E-state index contributed by atoms with van der Waals surface area (Å²) in [6.07, 6.45) is 3.96. The summed E-state index contributed by atoms with van der Waals surface area (Å²) >= 11 is 2.43. The minimum absolute atomic E-state index is 0.0119. The molecule has 40 nitrogen and oxygen atoms in total. The number of carbonyl (C=O) groups excluding carboxylic acids is 16. The number of benzene rings is 1. The number of H-pyrrole nitrogens is 2. The minimum atomic E-state index is -1.79. The molecule has 111 heavy (non-hydrogen) atoms. The van der Waals surface area contributed by atoms with Gasteiger partial charge in [-0.15, -0.1) is 11.8 Å². The summed E-state index contributed by atoms with van der Waals surface area (Å²) in [4.78, 5) is 240. The molecule has 42 heteroatoms. The molecular weight excluding hydrogens is 1490 g/mol. The predicted molar refractivity (Wildman–Crippen MR) is 409 cm³/mol. The summed E-state index contributed by atoms with van der Waals surface area (Å²) in [5.41, 5.74) is 18.3. The van der Waals surface area contributed by atoms with E-state index in [-0.39, 0.29) is 69.2 Å². The number of amides is 16. The van der Waals surface area contributed by atoms with Gasteiger partial charge in [0.2, 0.25) is 94.5 Å². The summed E-state index contributed by atoms with van der Waals surface area (Å²) in [5.74, 6) is -16.0. The first kappa shape index (κ1) is 94.7. The number of aliphatic carboxylic acids is 1. The van der Waals surface area contributed by atoms with Gasteiger partial charge in [0.1, 0.15) is 66.5 Å². The zero-order chi connectivity index (χ0) is 83.0. The van der Waals surface area contributed by atoms with Crippen LogP contribution in [0, 0.1) is 11.8 Å². The third-order valence-electron chi connectivity index (χ3n) is 16.6. The Morgan fingerprint density at radius 3 is 1.65 bits per heavy atom. The van der Waals surface area contributed by atoms with E-state index in [2.05, 4.69) is 89.4 Å². The summed E-state index contributed by atoms with van der Waals surface area (Å²) in [6.45, 7) is 6.87. The Bertz CT molecular complexity index is 3660. The van der Waals surface area contributed by atoms with Crippen molar-refractivity contribution in [3.63, 3.8) is 0 Å². The number of thioether (sulfide) groups is 2. The number of hydrogen-bond acceptors (Lipinski definition) is 23. The zero-order valence-corrected chi connectivity index (χ0v) is 65.4. The molecule has 24 N–H and O–H groups in total. The first-order valence-corrected chi connectivity index (χ1v) is 38.5. The molecule has 0 saturated heterocycles. The number of para-hydroxylation sites is 1. The van der Waals surface area contributed by atoms with Crippen molar-refractivity contribution >= 4 is 135 Å². The van der Waals surface area contributed by atoms with Gasteiger partial charge in [0.25, 0.3) is 0 Å². The van der Waals surface area contributed by atoms with E-state index in [1.165, 1.54) is 43.0 Å². The van der Waals surface area contributed by atoms with Crippen LogP contribution < -0.4 is 91.6 Å². The normalized spacial score (nSPS) is 14.1.